The maximum Gasteiger partial charge on any atom is 0.0541 e. The minimum atomic E-state index is 1.09. The van der Waals surface area contributed by atoms with Crippen LogP contribution in [0.4, 0.5) is 17.1 Å². The van der Waals surface area contributed by atoms with E-state index in [2.05, 4.69) is 264 Å². The molecule has 0 fully saturated rings. The molecule has 0 radical (unpaired) electrons. The van der Waals surface area contributed by atoms with Crippen LogP contribution in [0.15, 0.2) is 255 Å². The lowest BCUT2D eigenvalue weighted by atomic mass is 9.94. The van der Waals surface area contributed by atoms with Gasteiger partial charge in [-0.15, -0.1) is 0 Å². The van der Waals surface area contributed by atoms with E-state index >= 15 is 0 Å². The Hall–Kier alpha value is -8.46. The minimum absolute atomic E-state index is 1.09. The first-order chi connectivity index (χ1) is 31.8. The second kappa shape index (κ2) is 15.8. The molecule has 0 saturated carbocycles. The van der Waals surface area contributed by atoms with Gasteiger partial charge in [0.25, 0.3) is 0 Å². The molecule has 2 heteroatoms. The first kappa shape index (κ1) is 37.3. The van der Waals surface area contributed by atoms with Crippen molar-refractivity contribution in [1.82, 2.24) is 4.57 Å². The Morgan fingerprint density at radius 3 is 1.36 bits per heavy atom. The van der Waals surface area contributed by atoms with Gasteiger partial charge < -0.3 is 9.47 Å². The van der Waals surface area contributed by atoms with Gasteiger partial charge in [-0.05, 0) is 104 Å². The summed E-state index contributed by atoms with van der Waals surface area (Å²) in [7, 11) is 0. The van der Waals surface area contributed by atoms with Gasteiger partial charge >= 0.3 is 0 Å². The van der Waals surface area contributed by atoms with Gasteiger partial charge in [0.05, 0.1) is 22.4 Å². The van der Waals surface area contributed by atoms with Crippen LogP contribution in [-0.2, 0) is 0 Å². The van der Waals surface area contributed by atoms with Crippen LogP contribution < -0.4 is 4.90 Å². The SMILES string of the molecule is c1ccc(-c2ccc(-c3ccc(N(c4ccc(-c5cccc6ccccc56)cc4)c4ccc(-c5ccccc5-n5c6ccccc6c6ccccc65)c5ccccc45)cc3)cc2)cc1. The number of hydrogen-bond donors (Lipinski definition) is 0. The molecule has 0 aliphatic carbocycles. The van der Waals surface area contributed by atoms with Crippen LogP contribution in [0.1, 0.15) is 0 Å². The van der Waals surface area contributed by atoms with Crippen LogP contribution in [-0.4, -0.2) is 4.57 Å². The molecule has 0 N–H and O–H groups in total. The third-order valence-corrected chi connectivity index (χ3v) is 12.8. The number of fused-ring (bicyclic) bond motifs is 5. The van der Waals surface area contributed by atoms with Crippen LogP contribution >= 0.6 is 0 Å². The van der Waals surface area contributed by atoms with Gasteiger partial charge in [0.1, 0.15) is 0 Å². The van der Waals surface area contributed by atoms with Gasteiger partial charge in [0.2, 0.25) is 0 Å². The minimum Gasteiger partial charge on any atom is -0.310 e. The predicted octanol–water partition coefficient (Wildman–Crippen LogP) is 17.2. The molecule has 64 heavy (non-hydrogen) atoms. The molecule has 1 heterocycles. The number of aromatic nitrogens is 1. The molecule has 2 nitrogen and oxygen atoms in total. The Balaban J connectivity index is 0.998. The second-order valence-corrected chi connectivity index (χ2v) is 16.5. The predicted molar refractivity (Wildman–Crippen MR) is 272 cm³/mol. The summed E-state index contributed by atoms with van der Waals surface area (Å²) >= 11 is 0. The van der Waals surface area contributed by atoms with E-state index in [4.69, 9.17) is 0 Å². The largest absolute Gasteiger partial charge is 0.310 e. The normalized spacial score (nSPS) is 11.4. The molecular formula is C62H42N2. The molecule has 0 saturated heterocycles. The van der Waals surface area contributed by atoms with Crippen molar-refractivity contribution in [2.75, 3.05) is 4.90 Å². The van der Waals surface area contributed by atoms with Crippen LogP contribution in [0, 0.1) is 0 Å². The third-order valence-electron chi connectivity index (χ3n) is 12.8. The molecular weight excluding hydrogens is 773 g/mol. The molecule has 11 aromatic carbocycles. The smallest absolute Gasteiger partial charge is 0.0541 e. The fraction of sp³-hybridized carbons (Fsp3) is 0. The average molecular weight is 815 g/mol. The summed E-state index contributed by atoms with van der Waals surface area (Å²) in [5, 5.41) is 7.38. The molecule has 0 unspecified atom stereocenters. The quantitative estimate of drug-likeness (QED) is 0.148. The monoisotopic (exact) mass is 814 g/mol. The highest BCUT2D eigenvalue weighted by Gasteiger charge is 2.21. The average Bonchev–Trinajstić information content (AvgIpc) is 3.71. The molecule has 0 aliphatic rings. The lowest BCUT2D eigenvalue weighted by molar-refractivity contribution is 1.18. The van der Waals surface area contributed by atoms with Crippen LogP contribution in [0.2, 0.25) is 0 Å². The highest BCUT2D eigenvalue weighted by molar-refractivity contribution is 6.11. The van der Waals surface area contributed by atoms with E-state index in [0.717, 1.165) is 22.7 Å². The molecule has 0 aliphatic heterocycles. The van der Waals surface area contributed by atoms with Crippen LogP contribution in [0.5, 0.6) is 0 Å². The first-order valence-electron chi connectivity index (χ1n) is 22.0. The Morgan fingerprint density at radius 2 is 0.703 bits per heavy atom. The Labute approximate surface area is 373 Å². The molecule has 12 aromatic rings. The highest BCUT2D eigenvalue weighted by atomic mass is 15.1. The van der Waals surface area contributed by atoms with Crippen molar-refractivity contribution in [2.24, 2.45) is 0 Å². The maximum absolute atomic E-state index is 2.43. The summed E-state index contributed by atoms with van der Waals surface area (Å²) in [6.07, 6.45) is 0. The molecule has 0 bridgehead atoms. The molecule has 1 aromatic heterocycles. The van der Waals surface area contributed by atoms with Crippen molar-refractivity contribution >= 4 is 60.4 Å². The van der Waals surface area contributed by atoms with Crippen molar-refractivity contribution in [1.29, 1.82) is 0 Å². The van der Waals surface area contributed by atoms with Crippen molar-refractivity contribution in [2.45, 2.75) is 0 Å². The number of nitrogens with zero attached hydrogens (tertiary/aromatic N) is 2. The zero-order valence-corrected chi connectivity index (χ0v) is 35.1. The fourth-order valence-electron chi connectivity index (χ4n) is 9.77. The van der Waals surface area contributed by atoms with E-state index in [-0.39, 0.29) is 0 Å². The topological polar surface area (TPSA) is 8.17 Å². The van der Waals surface area contributed by atoms with E-state index in [1.54, 1.807) is 0 Å². The van der Waals surface area contributed by atoms with E-state index in [1.165, 1.54) is 87.9 Å². The summed E-state index contributed by atoms with van der Waals surface area (Å²) in [6.45, 7) is 0. The van der Waals surface area contributed by atoms with Crippen LogP contribution in [0.3, 0.4) is 0 Å². The summed E-state index contributed by atoms with van der Waals surface area (Å²) in [6, 6.07) is 92.6. The van der Waals surface area contributed by atoms with Gasteiger partial charge in [0.15, 0.2) is 0 Å². The Kier molecular flexibility index (Phi) is 9.20. The number of hydrogen-bond acceptors (Lipinski definition) is 1. The van der Waals surface area contributed by atoms with E-state index in [1.807, 2.05) is 0 Å². The summed E-state index contributed by atoms with van der Waals surface area (Å²) in [5.41, 5.74) is 16.5. The molecule has 0 spiro atoms. The zero-order chi connectivity index (χ0) is 42.4. The highest BCUT2D eigenvalue weighted by Crippen LogP contribution is 2.45. The van der Waals surface area contributed by atoms with E-state index in [9.17, 15) is 0 Å². The lowest BCUT2D eigenvalue weighted by Gasteiger charge is -2.28. The lowest BCUT2D eigenvalue weighted by Crippen LogP contribution is -2.10. The summed E-state index contributed by atoms with van der Waals surface area (Å²) in [4.78, 5) is 2.42. The van der Waals surface area contributed by atoms with Crippen molar-refractivity contribution in [3.8, 4) is 50.2 Å². The molecule has 12 rings (SSSR count). The van der Waals surface area contributed by atoms with Gasteiger partial charge in [-0.2, -0.15) is 0 Å². The Bertz CT molecular complexity index is 3580. The van der Waals surface area contributed by atoms with Crippen molar-refractivity contribution in [3.05, 3.63) is 255 Å². The van der Waals surface area contributed by atoms with Gasteiger partial charge in [-0.1, -0.05) is 206 Å². The molecule has 0 atom stereocenters. The first-order valence-corrected chi connectivity index (χ1v) is 22.0. The standard InChI is InChI=1S/C62H42N2/c1-2-15-43(16-3-1)44-29-31-45(32-30-44)46-33-37-49(38-34-46)63(50-39-35-48(36-40-50)52-25-14-18-47-17-4-5-19-51(47)52)62-42-41-54(53-20-6-7-21-55(53)62)56-22-8-11-26-59(56)64-60-27-12-9-23-57(60)58-24-10-13-28-61(58)64/h1-42H. The maximum atomic E-state index is 2.43. The third kappa shape index (κ3) is 6.44. The fourth-order valence-corrected chi connectivity index (χ4v) is 9.77. The second-order valence-electron chi connectivity index (χ2n) is 16.5. The number of benzene rings is 11. The van der Waals surface area contributed by atoms with Crippen molar-refractivity contribution < 1.29 is 0 Å². The number of rotatable bonds is 8. The number of anilines is 3. The van der Waals surface area contributed by atoms with Gasteiger partial charge in [-0.3, -0.25) is 0 Å². The van der Waals surface area contributed by atoms with Crippen LogP contribution in [0.25, 0.3) is 93.5 Å². The van der Waals surface area contributed by atoms with Gasteiger partial charge in [0, 0.05) is 33.1 Å². The summed E-state index contributed by atoms with van der Waals surface area (Å²) < 4.78 is 2.43. The molecule has 0 amide bonds. The zero-order valence-electron chi connectivity index (χ0n) is 35.1. The van der Waals surface area contributed by atoms with E-state index in [0.29, 0.717) is 0 Å². The summed E-state index contributed by atoms with van der Waals surface area (Å²) in [5.74, 6) is 0. The van der Waals surface area contributed by atoms with Crippen molar-refractivity contribution in [3.63, 3.8) is 0 Å². The Morgan fingerprint density at radius 1 is 0.250 bits per heavy atom. The van der Waals surface area contributed by atoms with E-state index < -0.39 is 0 Å². The number of para-hydroxylation sites is 3. The van der Waals surface area contributed by atoms with Gasteiger partial charge in [-0.25, -0.2) is 0 Å². The molecule has 300 valence electrons.